The van der Waals surface area contributed by atoms with Gasteiger partial charge in [0.1, 0.15) is 5.75 Å². The van der Waals surface area contributed by atoms with Crippen LogP contribution in [0.15, 0.2) is 66.7 Å². The molecule has 3 aromatic rings. The molecule has 1 fully saturated rings. The Labute approximate surface area is 163 Å². The summed E-state index contributed by atoms with van der Waals surface area (Å²) in [4.78, 5) is 27.0. The first-order chi connectivity index (χ1) is 13.7. The first-order valence-electron chi connectivity index (χ1n) is 9.47. The van der Waals surface area contributed by atoms with E-state index in [1.807, 2.05) is 73.7 Å². The summed E-state index contributed by atoms with van der Waals surface area (Å²) in [6.45, 7) is 2.99. The Bertz CT molecular complexity index is 1010. The van der Waals surface area contributed by atoms with Crippen LogP contribution in [0, 0.1) is 0 Å². The van der Waals surface area contributed by atoms with Gasteiger partial charge in [-0.3, -0.25) is 9.59 Å². The highest BCUT2D eigenvalue weighted by Gasteiger charge is 2.32. The first kappa shape index (κ1) is 18.0. The quantitative estimate of drug-likeness (QED) is 0.739. The molecular weight excluding hydrogens is 352 g/mol. The normalized spacial score (nSPS) is 16.4. The van der Waals surface area contributed by atoms with Gasteiger partial charge in [-0.15, -0.1) is 0 Å². The molecule has 4 rings (SSSR count). The summed E-state index contributed by atoms with van der Waals surface area (Å²) >= 11 is 0. The number of amides is 2. The van der Waals surface area contributed by atoms with E-state index >= 15 is 0 Å². The molecule has 1 N–H and O–H groups in total. The van der Waals surface area contributed by atoms with Crippen molar-refractivity contribution in [1.82, 2.24) is 5.32 Å². The first-order valence-corrected chi connectivity index (χ1v) is 9.47. The van der Waals surface area contributed by atoms with E-state index in [2.05, 4.69) is 5.32 Å². The van der Waals surface area contributed by atoms with Crippen molar-refractivity contribution in [3.05, 3.63) is 72.3 Å². The Kier molecular flexibility index (Phi) is 4.98. The molecule has 2 amide bonds. The highest BCUT2D eigenvalue weighted by atomic mass is 16.5. The van der Waals surface area contributed by atoms with Crippen molar-refractivity contribution in [2.24, 2.45) is 0 Å². The third-order valence-corrected chi connectivity index (χ3v) is 4.95. The minimum atomic E-state index is -0.217. The van der Waals surface area contributed by atoms with Crippen molar-refractivity contribution < 1.29 is 14.3 Å². The molecule has 5 heteroatoms. The van der Waals surface area contributed by atoms with Crippen molar-refractivity contribution >= 4 is 28.3 Å². The van der Waals surface area contributed by atoms with Gasteiger partial charge in [0.05, 0.1) is 12.6 Å². The van der Waals surface area contributed by atoms with Gasteiger partial charge in [0, 0.05) is 24.2 Å². The Morgan fingerprint density at radius 2 is 1.82 bits per heavy atom. The lowest BCUT2D eigenvalue weighted by Crippen LogP contribution is -2.37. The SMILES string of the molecule is CCOc1ccc(N2C[C@H](NC(=O)c3cccc4ccccc34)CC2=O)cc1. The maximum Gasteiger partial charge on any atom is 0.252 e. The molecule has 28 heavy (non-hydrogen) atoms. The molecule has 3 aromatic carbocycles. The van der Waals surface area contributed by atoms with Gasteiger partial charge in [0.15, 0.2) is 0 Å². The number of hydrogen-bond donors (Lipinski definition) is 1. The molecule has 0 aliphatic carbocycles. The van der Waals surface area contributed by atoms with E-state index in [9.17, 15) is 9.59 Å². The van der Waals surface area contributed by atoms with Crippen molar-refractivity contribution in [3.63, 3.8) is 0 Å². The molecular formula is C23H22N2O3. The zero-order valence-electron chi connectivity index (χ0n) is 15.7. The zero-order valence-corrected chi connectivity index (χ0v) is 15.7. The molecule has 5 nitrogen and oxygen atoms in total. The molecule has 0 saturated carbocycles. The van der Waals surface area contributed by atoms with Crippen LogP contribution in [-0.4, -0.2) is 31.0 Å². The van der Waals surface area contributed by atoms with Gasteiger partial charge >= 0.3 is 0 Å². The largest absolute Gasteiger partial charge is 0.494 e. The number of nitrogens with zero attached hydrogens (tertiary/aromatic N) is 1. The summed E-state index contributed by atoms with van der Waals surface area (Å²) in [5, 5.41) is 4.96. The smallest absolute Gasteiger partial charge is 0.252 e. The van der Waals surface area contributed by atoms with Gasteiger partial charge in [-0.2, -0.15) is 0 Å². The van der Waals surface area contributed by atoms with Crippen LogP contribution in [0.2, 0.25) is 0 Å². The fraction of sp³-hybridized carbons (Fsp3) is 0.217. The minimum Gasteiger partial charge on any atom is -0.494 e. The average molecular weight is 374 g/mol. The van der Waals surface area contributed by atoms with E-state index in [0.29, 0.717) is 25.1 Å². The third kappa shape index (κ3) is 3.56. The molecule has 0 bridgehead atoms. The van der Waals surface area contributed by atoms with E-state index in [1.165, 1.54) is 0 Å². The molecule has 1 heterocycles. The Morgan fingerprint density at radius 1 is 1.07 bits per heavy atom. The fourth-order valence-corrected chi connectivity index (χ4v) is 3.63. The van der Waals surface area contributed by atoms with E-state index < -0.39 is 0 Å². The van der Waals surface area contributed by atoms with Gasteiger partial charge < -0.3 is 15.0 Å². The number of carbonyl (C=O) groups excluding carboxylic acids is 2. The maximum atomic E-state index is 12.8. The van der Waals surface area contributed by atoms with Crippen molar-refractivity contribution in [2.45, 2.75) is 19.4 Å². The second-order valence-electron chi connectivity index (χ2n) is 6.83. The molecule has 1 atom stereocenters. The van der Waals surface area contributed by atoms with Crippen LogP contribution in [0.1, 0.15) is 23.7 Å². The molecule has 0 spiro atoms. The predicted octanol–water partition coefficient (Wildman–Crippen LogP) is 3.77. The standard InChI is InChI=1S/C23H22N2O3/c1-2-28-19-12-10-18(11-13-19)25-15-17(14-22(25)26)24-23(27)21-9-5-7-16-6-3-4-8-20(16)21/h3-13,17H,2,14-15H2,1H3,(H,24,27)/t17-/m1/s1. The van der Waals surface area contributed by atoms with Crippen LogP contribution in [0.25, 0.3) is 10.8 Å². The minimum absolute atomic E-state index is 0.00683. The van der Waals surface area contributed by atoms with E-state index in [1.54, 1.807) is 4.90 Å². The van der Waals surface area contributed by atoms with E-state index in [4.69, 9.17) is 4.74 Å². The van der Waals surface area contributed by atoms with Crippen molar-refractivity contribution in [3.8, 4) is 5.75 Å². The van der Waals surface area contributed by atoms with Crippen molar-refractivity contribution in [2.75, 3.05) is 18.1 Å². The van der Waals surface area contributed by atoms with Gasteiger partial charge in [-0.05, 0) is 48.0 Å². The van der Waals surface area contributed by atoms with Crippen LogP contribution < -0.4 is 15.0 Å². The van der Waals surface area contributed by atoms with Crippen LogP contribution >= 0.6 is 0 Å². The van der Waals surface area contributed by atoms with Crippen LogP contribution in [0.4, 0.5) is 5.69 Å². The zero-order chi connectivity index (χ0) is 19.5. The van der Waals surface area contributed by atoms with Crippen LogP contribution in [-0.2, 0) is 4.79 Å². The predicted molar refractivity (Wildman–Crippen MR) is 110 cm³/mol. The van der Waals surface area contributed by atoms with E-state index in [0.717, 1.165) is 22.2 Å². The molecule has 1 saturated heterocycles. The number of hydrogen-bond acceptors (Lipinski definition) is 3. The molecule has 0 radical (unpaired) electrons. The second-order valence-corrected chi connectivity index (χ2v) is 6.83. The number of ether oxygens (including phenoxy) is 1. The number of nitrogens with one attached hydrogen (secondary N) is 1. The fourth-order valence-electron chi connectivity index (χ4n) is 3.63. The molecule has 0 aromatic heterocycles. The maximum absolute atomic E-state index is 12.8. The monoisotopic (exact) mass is 374 g/mol. The molecule has 0 unspecified atom stereocenters. The number of anilines is 1. The van der Waals surface area contributed by atoms with Crippen LogP contribution in [0.5, 0.6) is 5.75 Å². The number of rotatable bonds is 5. The topological polar surface area (TPSA) is 58.6 Å². The van der Waals surface area contributed by atoms with Gasteiger partial charge in [-0.25, -0.2) is 0 Å². The van der Waals surface area contributed by atoms with Gasteiger partial charge in [0.2, 0.25) is 5.91 Å². The highest BCUT2D eigenvalue weighted by Crippen LogP contribution is 2.25. The summed E-state index contributed by atoms with van der Waals surface area (Å²) in [5.74, 6) is 0.634. The highest BCUT2D eigenvalue weighted by molar-refractivity contribution is 6.07. The summed E-state index contributed by atoms with van der Waals surface area (Å²) in [5.41, 5.74) is 1.44. The Balaban J connectivity index is 1.47. The molecule has 1 aliphatic rings. The van der Waals surface area contributed by atoms with Gasteiger partial charge in [0.25, 0.3) is 5.91 Å². The molecule has 142 valence electrons. The Hall–Kier alpha value is -3.34. The molecule has 1 aliphatic heterocycles. The lowest BCUT2D eigenvalue weighted by atomic mass is 10.0. The lowest BCUT2D eigenvalue weighted by molar-refractivity contribution is -0.117. The summed E-state index contributed by atoms with van der Waals surface area (Å²) in [6.07, 6.45) is 0.295. The summed E-state index contributed by atoms with van der Waals surface area (Å²) in [6, 6.07) is 20.7. The second kappa shape index (κ2) is 7.72. The third-order valence-electron chi connectivity index (χ3n) is 4.95. The number of benzene rings is 3. The van der Waals surface area contributed by atoms with Gasteiger partial charge in [-0.1, -0.05) is 36.4 Å². The van der Waals surface area contributed by atoms with Crippen molar-refractivity contribution in [1.29, 1.82) is 0 Å². The summed E-state index contributed by atoms with van der Waals surface area (Å²) < 4.78 is 5.45. The number of fused-ring (bicyclic) bond motifs is 1. The summed E-state index contributed by atoms with van der Waals surface area (Å²) in [7, 11) is 0. The number of carbonyl (C=O) groups is 2. The lowest BCUT2D eigenvalue weighted by Gasteiger charge is -2.18. The van der Waals surface area contributed by atoms with Crippen LogP contribution in [0.3, 0.4) is 0 Å². The Morgan fingerprint density at radius 3 is 2.61 bits per heavy atom. The van der Waals surface area contributed by atoms with E-state index in [-0.39, 0.29) is 17.9 Å². The average Bonchev–Trinajstić information content (AvgIpc) is 3.08.